The van der Waals surface area contributed by atoms with Crippen LogP contribution in [0.4, 0.5) is 5.69 Å². The van der Waals surface area contributed by atoms with Crippen molar-refractivity contribution in [2.24, 2.45) is 0 Å². The molecule has 0 saturated carbocycles. The average molecular weight is 324 g/mol. The molecule has 0 bridgehead atoms. The molecule has 6 nitrogen and oxygen atoms in total. The van der Waals surface area contributed by atoms with Crippen LogP contribution in [0.15, 0.2) is 41.2 Å². The van der Waals surface area contributed by atoms with Crippen LogP contribution in [0.25, 0.3) is 11.1 Å². The second-order valence-corrected chi connectivity index (χ2v) is 5.60. The summed E-state index contributed by atoms with van der Waals surface area (Å²) in [5.74, 6) is 1.30. The average Bonchev–Trinajstić information content (AvgIpc) is 2.94. The van der Waals surface area contributed by atoms with E-state index in [-0.39, 0.29) is 6.04 Å². The molecule has 3 heterocycles. The number of aryl methyl sites for hydroxylation is 2. The minimum absolute atomic E-state index is 0.0156. The molecule has 0 aliphatic heterocycles. The maximum atomic E-state index is 5.38. The zero-order valence-corrected chi connectivity index (χ0v) is 14.2. The van der Waals surface area contributed by atoms with Crippen molar-refractivity contribution in [2.75, 3.05) is 12.4 Å². The van der Waals surface area contributed by atoms with Crippen LogP contribution < -0.4 is 10.1 Å². The third-order valence-electron chi connectivity index (χ3n) is 3.87. The molecule has 3 aromatic rings. The van der Waals surface area contributed by atoms with E-state index in [1.54, 1.807) is 19.5 Å². The maximum absolute atomic E-state index is 5.38. The normalized spacial score (nSPS) is 12.0. The fourth-order valence-electron chi connectivity index (χ4n) is 2.69. The van der Waals surface area contributed by atoms with Crippen LogP contribution in [-0.4, -0.2) is 22.2 Å². The largest absolute Gasteiger partial charge is 0.480 e. The molecule has 0 aliphatic rings. The first-order valence-corrected chi connectivity index (χ1v) is 7.75. The highest BCUT2D eigenvalue weighted by Crippen LogP contribution is 2.33. The number of nitrogens with zero attached hydrogens (tertiary/aromatic N) is 3. The lowest BCUT2D eigenvalue weighted by Gasteiger charge is -2.17. The fraction of sp³-hybridized carbons (Fsp3) is 0.278. The molecule has 0 aromatic carbocycles. The highest BCUT2D eigenvalue weighted by Gasteiger charge is 2.16. The van der Waals surface area contributed by atoms with E-state index in [1.807, 2.05) is 45.0 Å². The molecule has 0 spiro atoms. The molecule has 3 rings (SSSR count). The van der Waals surface area contributed by atoms with Crippen molar-refractivity contribution in [1.82, 2.24) is 15.1 Å². The summed E-state index contributed by atoms with van der Waals surface area (Å²) in [5.41, 5.74) is 4.47. The van der Waals surface area contributed by atoms with Gasteiger partial charge in [-0.15, -0.1) is 0 Å². The van der Waals surface area contributed by atoms with E-state index in [9.17, 15) is 0 Å². The first-order chi connectivity index (χ1) is 11.6. The summed E-state index contributed by atoms with van der Waals surface area (Å²) in [4.78, 5) is 8.79. The van der Waals surface area contributed by atoms with E-state index in [2.05, 4.69) is 20.4 Å². The van der Waals surface area contributed by atoms with Crippen molar-refractivity contribution >= 4 is 5.69 Å². The Labute approximate surface area is 140 Å². The fourth-order valence-corrected chi connectivity index (χ4v) is 2.69. The monoisotopic (exact) mass is 324 g/mol. The number of hydrogen-bond donors (Lipinski definition) is 1. The van der Waals surface area contributed by atoms with E-state index in [0.717, 1.165) is 34.0 Å². The smallest absolute Gasteiger partial charge is 0.237 e. The van der Waals surface area contributed by atoms with Gasteiger partial charge in [-0.2, -0.15) is 0 Å². The van der Waals surface area contributed by atoms with Gasteiger partial charge in [-0.3, -0.25) is 4.98 Å². The molecule has 0 radical (unpaired) electrons. The Morgan fingerprint density at radius 3 is 2.67 bits per heavy atom. The third-order valence-corrected chi connectivity index (χ3v) is 3.87. The number of aromatic nitrogens is 3. The Morgan fingerprint density at radius 1 is 1.21 bits per heavy atom. The quantitative estimate of drug-likeness (QED) is 0.766. The summed E-state index contributed by atoms with van der Waals surface area (Å²) in [7, 11) is 1.61. The molecule has 6 heteroatoms. The van der Waals surface area contributed by atoms with Gasteiger partial charge in [-0.1, -0.05) is 11.2 Å². The Bertz CT molecular complexity index is 811. The highest BCUT2D eigenvalue weighted by molar-refractivity contribution is 5.72. The second kappa shape index (κ2) is 6.70. The van der Waals surface area contributed by atoms with Crippen LogP contribution in [0.3, 0.4) is 0 Å². The minimum Gasteiger partial charge on any atom is -0.480 e. The molecule has 1 N–H and O–H groups in total. The van der Waals surface area contributed by atoms with Crippen molar-refractivity contribution in [2.45, 2.75) is 26.8 Å². The van der Waals surface area contributed by atoms with E-state index in [1.165, 1.54) is 0 Å². The van der Waals surface area contributed by atoms with Crippen molar-refractivity contribution < 1.29 is 9.26 Å². The summed E-state index contributed by atoms with van der Waals surface area (Å²) in [5, 5.41) is 7.43. The van der Waals surface area contributed by atoms with Gasteiger partial charge in [0, 0.05) is 23.5 Å². The number of pyridine rings is 2. The van der Waals surface area contributed by atoms with Crippen molar-refractivity contribution in [3.05, 3.63) is 53.8 Å². The van der Waals surface area contributed by atoms with Gasteiger partial charge in [-0.05, 0) is 39.0 Å². The molecular weight excluding hydrogens is 304 g/mol. The molecule has 0 amide bonds. The zero-order valence-electron chi connectivity index (χ0n) is 14.2. The Balaban J connectivity index is 1.96. The third kappa shape index (κ3) is 3.08. The summed E-state index contributed by atoms with van der Waals surface area (Å²) in [6, 6.07) is 7.86. The topological polar surface area (TPSA) is 73.1 Å². The van der Waals surface area contributed by atoms with E-state index in [4.69, 9.17) is 9.26 Å². The maximum Gasteiger partial charge on any atom is 0.237 e. The lowest BCUT2D eigenvalue weighted by molar-refractivity contribution is 0.393. The Hall–Kier alpha value is -2.89. The molecule has 0 fully saturated rings. The lowest BCUT2D eigenvalue weighted by Crippen LogP contribution is -2.10. The zero-order chi connectivity index (χ0) is 17.1. The van der Waals surface area contributed by atoms with Crippen LogP contribution in [0.2, 0.25) is 0 Å². The van der Waals surface area contributed by atoms with Gasteiger partial charge in [-0.25, -0.2) is 4.98 Å². The van der Waals surface area contributed by atoms with Crippen LogP contribution in [0.5, 0.6) is 5.88 Å². The van der Waals surface area contributed by atoms with Gasteiger partial charge in [0.1, 0.15) is 5.76 Å². The van der Waals surface area contributed by atoms with Gasteiger partial charge in [0.25, 0.3) is 0 Å². The second-order valence-electron chi connectivity index (χ2n) is 5.60. The van der Waals surface area contributed by atoms with Crippen LogP contribution in [-0.2, 0) is 0 Å². The Kier molecular flexibility index (Phi) is 4.46. The molecule has 24 heavy (non-hydrogen) atoms. The number of nitrogens with one attached hydrogen (secondary N) is 1. The summed E-state index contributed by atoms with van der Waals surface area (Å²) in [6.45, 7) is 5.85. The van der Waals surface area contributed by atoms with Crippen molar-refractivity contribution in [3.63, 3.8) is 0 Å². The number of rotatable bonds is 5. The Morgan fingerprint density at radius 2 is 2.04 bits per heavy atom. The standard InChI is InChI=1S/C18H20N4O2/c1-11(15-7-5-6-8-19-15)21-16-9-14(10-20-18(16)23-4)17-12(2)22-24-13(17)3/h5-11,21H,1-4H3. The van der Waals surface area contributed by atoms with Gasteiger partial charge >= 0.3 is 0 Å². The van der Waals surface area contributed by atoms with E-state index >= 15 is 0 Å². The number of ether oxygens (including phenoxy) is 1. The minimum atomic E-state index is 0.0156. The molecule has 1 unspecified atom stereocenters. The van der Waals surface area contributed by atoms with Gasteiger partial charge in [0.05, 0.1) is 30.2 Å². The lowest BCUT2D eigenvalue weighted by atomic mass is 10.1. The number of methoxy groups -OCH3 is 1. The van der Waals surface area contributed by atoms with Gasteiger partial charge in [0.2, 0.25) is 5.88 Å². The van der Waals surface area contributed by atoms with Crippen LogP contribution in [0.1, 0.15) is 30.1 Å². The molecule has 1 atom stereocenters. The van der Waals surface area contributed by atoms with Crippen molar-refractivity contribution in [1.29, 1.82) is 0 Å². The number of hydrogen-bond acceptors (Lipinski definition) is 6. The van der Waals surface area contributed by atoms with E-state index in [0.29, 0.717) is 5.88 Å². The predicted octanol–water partition coefficient (Wildman–Crippen LogP) is 3.93. The van der Waals surface area contributed by atoms with Gasteiger partial charge in [0.15, 0.2) is 0 Å². The van der Waals surface area contributed by atoms with Crippen molar-refractivity contribution in [3.8, 4) is 17.0 Å². The van der Waals surface area contributed by atoms with Crippen LogP contribution in [0, 0.1) is 13.8 Å². The molecule has 0 saturated heterocycles. The highest BCUT2D eigenvalue weighted by atomic mass is 16.5. The first-order valence-electron chi connectivity index (χ1n) is 7.75. The predicted molar refractivity (Wildman–Crippen MR) is 92.0 cm³/mol. The molecular formula is C18H20N4O2. The summed E-state index contributed by atoms with van der Waals surface area (Å²) >= 11 is 0. The SMILES string of the molecule is COc1ncc(-c2c(C)noc2C)cc1NC(C)c1ccccn1. The molecule has 124 valence electrons. The van der Waals surface area contributed by atoms with Gasteiger partial charge < -0.3 is 14.6 Å². The summed E-state index contributed by atoms with van der Waals surface area (Å²) in [6.07, 6.45) is 3.55. The molecule has 0 aliphatic carbocycles. The van der Waals surface area contributed by atoms with Crippen LogP contribution >= 0.6 is 0 Å². The first kappa shape index (κ1) is 16.0. The number of anilines is 1. The summed E-state index contributed by atoms with van der Waals surface area (Å²) < 4.78 is 10.6. The van der Waals surface area contributed by atoms with E-state index < -0.39 is 0 Å². The molecule has 3 aromatic heterocycles.